The number of carbonyl (C=O) groups excluding carboxylic acids is 12. The monoisotopic (exact) mass is 1390 g/mol. The maximum Gasteiger partial charge on any atom is 0.303 e. The van der Waals surface area contributed by atoms with Gasteiger partial charge in [0.15, 0.2) is 0 Å². The SMILES string of the molecule is CSC[C@H](NC(=O)CNC(=O)[C@H](CC(C)C)NC(=O)[C@@H]1CCCN1)C(=O)N[C@@H](C)C(=O)NCC(=O)NCCOCC(=O)N[C@H](CCC(=O)O)C(=O)N[C@H](CCC(=O)O)CN[C@H](CCC(=O)O)C(=O)N[C@H](CCC(=O)O)C(=O)N[C@H](CCC(=O)O)C(=O)N[C@H](CCCCN)C(N)=O. The molecule has 38 nitrogen and oxygen atoms in total. The predicted molar refractivity (Wildman–Crippen MR) is 338 cm³/mol. The van der Waals surface area contributed by atoms with E-state index in [1.165, 1.54) is 18.7 Å². The summed E-state index contributed by atoms with van der Waals surface area (Å²) in [5, 5.41) is 79.7. The van der Waals surface area contributed by atoms with E-state index in [-0.39, 0.29) is 43.7 Å². The van der Waals surface area contributed by atoms with Crippen LogP contribution in [0.2, 0.25) is 0 Å². The number of rotatable bonds is 52. The second-order valence-corrected chi connectivity index (χ2v) is 23.7. The summed E-state index contributed by atoms with van der Waals surface area (Å²) in [6, 6.07) is -13.0. The summed E-state index contributed by atoms with van der Waals surface area (Å²) in [6.45, 7) is 3.02. The first kappa shape index (κ1) is 85.2. The molecule has 0 bridgehead atoms. The quantitative estimate of drug-likeness (QED) is 0.0252. The third kappa shape index (κ3) is 37.9. The fourth-order valence-electron chi connectivity index (χ4n) is 9.10. The van der Waals surface area contributed by atoms with E-state index in [4.69, 9.17) is 16.2 Å². The molecule has 0 saturated carbocycles. The Labute approximate surface area is 557 Å². The van der Waals surface area contributed by atoms with Crippen LogP contribution in [0.3, 0.4) is 0 Å². The number of nitrogens with two attached hydrogens (primary N) is 2. The van der Waals surface area contributed by atoms with Crippen LogP contribution in [0.15, 0.2) is 0 Å². The molecule has 0 aromatic rings. The molecule has 542 valence electrons. The van der Waals surface area contributed by atoms with Gasteiger partial charge in [0.05, 0.1) is 31.8 Å². The van der Waals surface area contributed by atoms with Crippen molar-refractivity contribution >= 4 is 112 Å². The lowest BCUT2D eigenvalue weighted by Crippen LogP contribution is -2.58. The highest BCUT2D eigenvalue weighted by Gasteiger charge is 2.34. The number of carboxylic acid groups (broad SMARTS) is 5. The van der Waals surface area contributed by atoms with Gasteiger partial charge in [-0.05, 0) is 103 Å². The minimum Gasteiger partial charge on any atom is -0.481 e. The van der Waals surface area contributed by atoms with Crippen LogP contribution >= 0.6 is 11.8 Å². The average Bonchev–Trinajstić information content (AvgIpc) is 1.06. The van der Waals surface area contributed by atoms with Crippen LogP contribution in [-0.2, 0) is 86.2 Å². The van der Waals surface area contributed by atoms with Gasteiger partial charge in [-0.1, -0.05) is 13.8 Å². The zero-order chi connectivity index (χ0) is 72.5. The van der Waals surface area contributed by atoms with Gasteiger partial charge < -0.3 is 111 Å². The van der Waals surface area contributed by atoms with E-state index in [0.29, 0.717) is 32.2 Å². The van der Waals surface area contributed by atoms with Crippen molar-refractivity contribution < 1.29 is 112 Å². The van der Waals surface area contributed by atoms with E-state index >= 15 is 0 Å². The van der Waals surface area contributed by atoms with Crippen LogP contribution in [0, 0.1) is 5.92 Å². The molecule has 0 aromatic carbocycles. The lowest BCUT2D eigenvalue weighted by atomic mass is 10.0. The third-order valence-corrected chi connectivity index (χ3v) is 14.9. The van der Waals surface area contributed by atoms with E-state index in [2.05, 4.69) is 69.1 Å². The Hall–Kier alpha value is -8.82. The number of carboxylic acids is 5. The van der Waals surface area contributed by atoms with Crippen molar-refractivity contribution in [2.75, 3.05) is 64.5 Å². The zero-order valence-electron chi connectivity index (χ0n) is 54.2. The molecule has 0 spiro atoms. The Morgan fingerprint density at radius 3 is 1.50 bits per heavy atom. The molecule has 39 heteroatoms. The van der Waals surface area contributed by atoms with E-state index < -0.39 is 246 Å². The highest BCUT2D eigenvalue weighted by Crippen LogP contribution is 2.12. The molecule has 0 unspecified atom stereocenters. The minimum atomic E-state index is -1.80. The van der Waals surface area contributed by atoms with Gasteiger partial charge in [0.2, 0.25) is 70.9 Å². The molecule has 10 atom stereocenters. The fourth-order valence-corrected chi connectivity index (χ4v) is 9.67. The van der Waals surface area contributed by atoms with Crippen molar-refractivity contribution in [1.82, 2.24) is 69.1 Å². The maximum absolute atomic E-state index is 13.9. The molecular weight excluding hydrogens is 1290 g/mol. The van der Waals surface area contributed by atoms with E-state index in [1.807, 2.05) is 13.8 Å². The van der Waals surface area contributed by atoms with Crippen molar-refractivity contribution in [3.05, 3.63) is 0 Å². The largest absolute Gasteiger partial charge is 0.481 e. The summed E-state index contributed by atoms with van der Waals surface area (Å²) in [6.07, 6.45) is -1.96. The van der Waals surface area contributed by atoms with Crippen molar-refractivity contribution in [1.29, 1.82) is 0 Å². The molecule has 1 rings (SSSR count). The number of aliphatic carboxylic acids is 5. The minimum absolute atomic E-state index is 0.0255. The maximum atomic E-state index is 13.9. The summed E-state index contributed by atoms with van der Waals surface area (Å²) in [7, 11) is 0. The molecule has 96 heavy (non-hydrogen) atoms. The first-order valence-corrected chi connectivity index (χ1v) is 32.5. The number of unbranched alkanes of at least 4 members (excludes halogenated alkanes) is 1. The van der Waals surface area contributed by atoms with Crippen LogP contribution in [0.1, 0.15) is 124 Å². The Kier molecular flexibility index (Phi) is 41.8. The molecule has 0 radical (unpaired) electrons. The number of amides is 12. The number of carbonyl (C=O) groups is 17. The molecule has 1 aliphatic rings. The lowest BCUT2D eigenvalue weighted by Gasteiger charge is -2.27. The topological polar surface area (TPSA) is 609 Å². The van der Waals surface area contributed by atoms with Crippen LogP contribution in [0.4, 0.5) is 0 Å². The van der Waals surface area contributed by atoms with Gasteiger partial charge in [-0.3, -0.25) is 81.5 Å². The third-order valence-electron chi connectivity index (χ3n) is 14.2. The van der Waals surface area contributed by atoms with Crippen molar-refractivity contribution in [3.63, 3.8) is 0 Å². The van der Waals surface area contributed by atoms with Crippen LogP contribution < -0.4 is 80.6 Å². The molecule has 0 aromatic heterocycles. The summed E-state index contributed by atoms with van der Waals surface area (Å²) in [5.74, 6) is -17.3. The molecule has 22 N–H and O–H groups in total. The molecule has 1 fully saturated rings. The van der Waals surface area contributed by atoms with Gasteiger partial charge >= 0.3 is 29.8 Å². The molecule has 1 aliphatic heterocycles. The molecule has 0 aliphatic carbocycles. The Balaban J connectivity index is 2.99. The number of thioether (sulfide) groups is 1. The highest BCUT2D eigenvalue weighted by atomic mass is 32.2. The first-order chi connectivity index (χ1) is 45.3. The first-order valence-electron chi connectivity index (χ1n) is 31.1. The summed E-state index contributed by atoms with van der Waals surface area (Å²) < 4.78 is 5.29. The molecular formula is C57H95N15O23S. The highest BCUT2D eigenvalue weighted by molar-refractivity contribution is 7.98. The zero-order valence-corrected chi connectivity index (χ0v) is 55.0. The van der Waals surface area contributed by atoms with Crippen molar-refractivity contribution in [2.45, 2.75) is 184 Å². The lowest BCUT2D eigenvalue weighted by molar-refractivity contribution is -0.140. The van der Waals surface area contributed by atoms with Gasteiger partial charge in [0, 0.05) is 57.0 Å². The second kappa shape index (κ2) is 47.1. The van der Waals surface area contributed by atoms with Crippen LogP contribution in [-0.4, -0.2) is 251 Å². The molecule has 1 heterocycles. The van der Waals surface area contributed by atoms with Gasteiger partial charge in [-0.2, -0.15) is 11.8 Å². The summed E-state index contributed by atoms with van der Waals surface area (Å²) in [5.41, 5.74) is 10.9. The van der Waals surface area contributed by atoms with Crippen molar-refractivity contribution in [2.24, 2.45) is 17.4 Å². The Bertz CT molecular complexity index is 2670. The number of nitrogens with one attached hydrogen (secondary N) is 13. The average molecular weight is 1390 g/mol. The van der Waals surface area contributed by atoms with Crippen LogP contribution in [0.5, 0.6) is 0 Å². The van der Waals surface area contributed by atoms with E-state index in [9.17, 15) is 107 Å². The Morgan fingerprint density at radius 1 is 0.510 bits per heavy atom. The number of primary amides is 1. The fraction of sp³-hybridized carbons (Fsp3) is 0.702. The van der Waals surface area contributed by atoms with E-state index in [1.54, 1.807) is 6.26 Å². The standard InChI is InChI=1S/C57H95N15O23S/c1-30(2)24-39(72-52(89)34-9-7-21-60-34)51(88)64-27-42(74)68-40(29-96-4)57(94)65-31(3)50(87)63-26-41(73)61-22-23-95-28-43(75)67-36(12-17-46(80)81)54(91)66-32(10-15-44(76)77)25-62-35(11-16-45(78)79)53(90)70-38(14-19-48(84)85)56(93)71-37(13-18-47(82)83)55(92)69-33(49(59)86)8-5-6-20-58/h30-40,60,62H,5-29,58H2,1-4H3,(H2,59,86)(H,61,73)(H,63,87)(H,64,88)(H,65,94)(H,66,91)(H,67,75)(H,68,74)(H,69,92)(H,70,90)(H,71,93)(H,72,89)(H,76,77)(H,78,79)(H,80,81)(H,82,83)(H,84,85)/t31-,32+,33+,34-,35+,36+,37+,38+,39-,40-/m0/s1. The van der Waals surface area contributed by atoms with Gasteiger partial charge in [-0.15, -0.1) is 0 Å². The Morgan fingerprint density at radius 2 is 0.990 bits per heavy atom. The van der Waals surface area contributed by atoms with Gasteiger partial charge in [0.25, 0.3) is 0 Å². The second-order valence-electron chi connectivity index (χ2n) is 22.8. The molecule has 12 amide bonds. The normalized spacial score (nSPS) is 15.3. The smallest absolute Gasteiger partial charge is 0.303 e. The number of ether oxygens (including phenoxy) is 1. The van der Waals surface area contributed by atoms with Gasteiger partial charge in [-0.25, -0.2) is 0 Å². The van der Waals surface area contributed by atoms with E-state index in [0.717, 1.165) is 6.42 Å². The van der Waals surface area contributed by atoms with Gasteiger partial charge in [0.1, 0.15) is 48.9 Å². The van der Waals surface area contributed by atoms with Crippen molar-refractivity contribution in [3.8, 4) is 0 Å². The molecule has 1 saturated heterocycles. The summed E-state index contributed by atoms with van der Waals surface area (Å²) >= 11 is 1.20. The number of hydrogen-bond donors (Lipinski definition) is 20. The summed E-state index contributed by atoms with van der Waals surface area (Å²) in [4.78, 5) is 215. The van der Waals surface area contributed by atoms with Crippen LogP contribution in [0.25, 0.3) is 0 Å². The number of hydrogen-bond acceptors (Lipinski definition) is 22. The predicted octanol–water partition coefficient (Wildman–Crippen LogP) is -6.69.